The Morgan fingerprint density at radius 3 is 1.89 bits per heavy atom. The van der Waals surface area contributed by atoms with Crippen LogP contribution in [0.2, 0.25) is 0 Å². The van der Waals surface area contributed by atoms with E-state index in [-0.39, 0.29) is 11.5 Å². The molecule has 0 aromatic rings. The quantitative estimate of drug-likeness (QED) is 0.0890. The van der Waals surface area contributed by atoms with Gasteiger partial charge in [-0.2, -0.15) is 0 Å². The van der Waals surface area contributed by atoms with Crippen LogP contribution in [0.15, 0.2) is 0 Å². The van der Waals surface area contributed by atoms with Crippen LogP contribution in [0, 0.1) is 0 Å². The largest absolute Gasteiger partial charge is 0.726 e. The van der Waals surface area contributed by atoms with Crippen molar-refractivity contribution in [2.24, 2.45) is 0 Å². The molecule has 1 fully saturated rings. The van der Waals surface area contributed by atoms with Crippen molar-refractivity contribution < 1.29 is 63.1 Å². The van der Waals surface area contributed by atoms with E-state index in [1.807, 2.05) is 0 Å². The third-order valence-electron chi connectivity index (χ3n) is 4.03. The average molecular weight is 456 g/mol. The topological polar surface area (TPSA) is 248 Å². The molecule has 0 spiro atoms. The van der Waals surface area contributed by atoms with E-state index in [0.29, 0.717) is 0 Å². The van der Waals surface area contributed by atoms with Crippen molar-refractivity contribution in [1.29, 1.82) is 0 Å². The SMILES string of the molecule is COS(=O)(=O)[O-].OCC(O)C(O)C(O)C(O)C(O)C[S+]1C[C@@H](O)[C@H](O)[C@H]1CO. The lowest BCUT2D eigenvalue weighted by molar-refractivity contribution is -0.136. The zero-order chi connectivity index (χ0) is 22.2. The molecule has 6 unspecified atom stereocenters. The lowest BCUT2D eigenvalue weighted by Crippen LogP contribution is -2.52. The van der Waals surface area contributed by atoms with Gasteiger partial charge < -0.3 is 50.5 Å². The highest BCUT2D eigenvalue weighted by Crippen LogP contribution is 2.25. The summed E-state index contributed by atoms with van der Waals surface area (Å²) in [5, 5.41) is 84.7. The number of aliphatic hydroxyl groups excluding tert-OH is 9. The molecule has 0 aliphatic carbocycles. The molecule has 0 radical (unpaired) electrons. The molecular weight excluding hydrogens is 428 g/mol. The minimum atomic E-state index is -4.41. The third-order valence-corrected chi connectivity index (χ3v) is 7.26. The van der Waals surface area contributed by atoms with E-state index in [1.54, 1.807) is 0 Å². The Morgan fingerprint density at radius 2 is 1.50 bits per heavy atom. The molecule has 1 heterocycles. The normalized spacial score (nSPS) is 30.7. The maximum absolute atomic E-state index is 9.93. The van der Waals surface area contributed by atoms with Crippen LogP contribution >= 0.6 is 0 Å². The number of aliphatic hydroxyl groups is 9. The standard InChI is InChI=1S/C12H25O9S.CH4O4S/c13-1-5(15)10(19)12(21)11(20)7(17)4-22-3-6(16)9(18)8(22)2-14;1-5-6(2,3)4/h5-21H,1-4H2;1H3,(H,2,3,4)/q+1;/p-1/t5?,6-,7?,8-,9+,10?,11?,12?,22?;/m1./s1. The van der Waals surface area contributed by atoms with Gasteiger partial charge in [-0.1, -0.05) is 0 Å². The summed E-state index contributed by atoms with van der Waals surface area (Å²) in [6.45, 7) is -1.21. The summed E-state index contributed by atoms with van der Waals surface area (Å²) in [5.41, 5.74) is 0. The van der Waals surface area contributed by atoms with Crippen LogP contribution in [0.4, 0.5) is 0 Å². The zero-order valence-corrected chi connectivity index (χ0v) is 16.6. The van der Waals surface area contributed by atoms with Gasteiger partial charge in [-0.05, 0) is 0 Å². The van der Waals surface area contributed by atoms with Gasteiger partial charge in [0.1, 0.15) is 54.2 Å². The minimum Gasteiger partial charge on any atom is -0.726 e. The Morgan fingerprint density at radius 1 is 1.04 bits per heavy atom. The van der Waals surface area contributed by atoms with Gasteiger partial charge in [0.05, 0.1) is 20.3 Å². The fraction of sp³-hybridized carbons (Fsp3) is 1.00. The van der Waals surface area contributed by atoms with Gasteiger partial charge in [-0.15, -0.1) is 0 Å². The molecule has 0 amide bonds. The highest BCUT2D eigenvalue weighted by molar-refractivity contribution is 7.97. The van der Waals surface area contributed by atoms with Gasteiger partial charge in [0.2, 0.25) is 10.4 Å². The minimum absolute atomic E-state index is 0.0977. The number of hydrogen-bond acceptors (Lipinski definition) is 13. The van der Waals surface area contributed by atoms with Crippen molar-refractivity contribution in [1.82, 2.24) is 0 Å². The van der Waals surface area contributed by atoms with Crippen LogP contribution in [0.5, 0.6) is 0 Å². The average Bonchev–Trinajstić information content (AvgIpc) is 2.91. The molecule has 13 nitrogen and oxygen atoms in total. The Labute approximate surface area is 164 Å². The van der Waals surface area contributed by atoms with Crippen LogP contribution in [-0.2, 0) is 25.5 Å². The first-order valence-corrected chi connectivity index (χ1v) is 10.9. The fourth-order valence-corrected chi connectivity index (χ4v) is 5.06. The van der Waals surface area contributed by atoms with Gasteiger partial charge in [0.25, 0.3) is 0 Å². The van der Waals surface area contributed by atoms with E-state index in [9.17, 15) is 53.8 Å². The first-order chi connectivity index (χ1) is 12.8. The van der Waals surface area contributed by atoms with E-state index in [0.717, 1.165) is 7.11 Å². The first-order valence-electron chi connectivity index (χ1n) is 7.96. The maximum atomic E-state index is 9.93. The monoisotopic (exact) mass is 456 g/mol. The van der Waals surface area contributed by atoms with E-state index in [4.69, 9.17) is 5.11 Å². The van der Waals surface area contributed by atoms with Crippen LogP contribution in [0.3, 0.4) is 0 Å². The Hall–Kier alpha value is -0.140. The highest BCUT2D eigenvalue weighted by Gasteiger charge is 2.51. The Bertz CT molecular complexity index is 533. The number of rotatable bonds is 9. The molecular formula is C13H28O13S2. The van der Waals surface area contributed by atoms with E-state index < -0.39 is 82.5 Å². The fourth-order valence-electron chi connectivity index (χ4n) is 2.37. The van der Waals surface area contributed by atoms with Gasteiger partial charge in [-0.3, -0.25) is 4.18 Å². The summed E-state index contributed by atoms with van der Waals surface area (Å²) in [6.07, 6.45) is -10.8. The van der Waals surface area contributed by atoms with Crippen LogP contribution in [-0.4, -0.2) is 139 Å². The van der Waals surface area contributed by atoms with Crippen LogP contribution < -0.4 is 0 Å². The summed E-state index contributed by atoms with van der Waals surface area (Å²) in [5.74, 6) is 0.0492. The van der Waals surface area contributed by atoms with Crippen molar-refractivity contribution in [3.63, 3.8) is 0 Å². The van der Waals surface area contributed by atoms with Gasteiger partial charge >= 0.3 is 0 Å². The summed E-state index contributed by atoms with van der Waals surface area (Å²) in [6, 6.07) is 0. The second-order valence-corrected chi connectivity index (χ2v) is 9.51. The van der Waals surface area contributed by atoms with Crippen molar-refractivity contribution in [2.75, 3.05) is 31.8 Å². The maximum Gasteiger partial charge on any atom is 0.217 e. The zero-order valence-electron chi connectivity index (χ0n) is 14.9. The van der Waals surface area contributed by atoms with E-state index in [2.05, 4.69) is 4.18 Å². The molecule has 9 N–H and O–H groups in total. The predicted octanol–water partition coefficient (Wildman–Crippen LogP) is -6.41. The molecule has 15 heteroatoms. The van der Waals surface area contributed by atoms with Crippen molar-refractivity contribution >= 4 is 21.3 Å². The van der Waals surface area contributed by atoms with Gasteiger partial charge in [-0.25, -0.2) is 8.42 Å². The van der Waals surface area contributed by atoms with Crippen molar-refractivity contribution in [3.05, 3.63) is 0 Å². The predicted molar refractivity (Wildman–Crippen MR) is 93.8 cm³/mol. The molecule has 1 saturated heterocycles. The molecule has 9 atom stereocenters. The highest BCUT2D eigenvalue weighted by atomic mass is 32.3. The first kappa shape index (κ1) is 27.9. The molecule has 0 aromatic carbocycles. The summed E-state index contributed by atoms with van der Waals surface area (Å²) in [4.78, 5) is 0. The molecule has 0 aromatic heterocycles. The smallest absolute Gasteiger partial charge is 0.217 e. The Kier molecular flexibility index (Phi) is 12.5. The third kappa shape index (κ3) is 8.70. The summed E-state index contributed by atoms with van der Waals surface area (Å²) in [7, 11) is -4.39. The molecule has 170 valence electrons. The molecule has 0 bridgehead atoms. The van der Waals surface area contributed by atoms with Crippen LogP contribution in [0.1, 0.15) is 0 Å². The molecule has 1 aliphatic heterocycles. The van der Waals surface area contributed by atoms with Crippen molar-refractivity contribution in [2.45, 2.75) is 48.0 Å². The second kappa shape index (κ2) is 12.5. The molecule has 1 rings (SSSR count). The summed E-state index contributed by atoms with van der Waals surface area (Å²) >= 11 is 0. The lowest BCUT2D eigenvalue weighted by atomic mass is 10.0. The molecule has 28 heavy (non-hydrogen) atoms. The van der Waals surface area contributed by atoms with Crippen molar-refractivity contribution in [3.8, 4) is 0 Å². The lowest BCUT2D eigenvalue weighted by Gasteiger charge is -2.28. The Balaban J connectivity index is 0.00000105. The van der Waals surface area contributed by atoms with E-state index >= 15 is 0 Å². The number of hydrogen-bond donors (Lipinski definition) is 9. The molecule has 0 saturated carbocycles. The van der Waals surface area contributed by atoms with Gasteiger partial charge in [0.15, 0.2) is 5.25 Å². The summed E-state index contributed by atoms with van der Waals surface area (Å²) < 4.78 is 31.0. The second-order valence-electron chi connectivity index (χ2n) is 6.01. The van der Waals surface area contributed by atoms with Crippen LogP contribution in [0.25, 0.3) is 0 Å². The van der Waals surface area contributed by atoms with E-state index in [1.165, 1.54) is 0 Å². The van der Waals surface area contributed by atoms with Gasteiger partial charge in [0, 0.05) is 10.9 Å². The molecule has 1 aliphatic rings.